The normalized spacial score (nSPS) is 14.0. The summed E-state index contributed by atoms with van der Waals surface area (Å²) in [6, 6.07) is 9.89. The molecule has 3 heterocycles. The van der Waals surface area contributed by atoms with Crippen LogP contribution in [-0.2, 0) is 0 Å². The van der Waals surface area contributed by atoms with Crippen LogP contribution in [0.3, 0.4) is 0 Å². The van der Waals surface area contributed by atoms with Crippen LogP contribution in [0.1, 0.15) is 19.3 Å². The maximum absolute atomic E-state index is 5.96. The number of nitrogens with zero attached hydrogens (tertiary/aromatic N) is 4. The Morgan fingerprint density at radius 2 is 1.80 bits per heavy atom. The zero-order valence-corrected chi connectivity index (χ0v) is 14.2. The molecule has 0 aliphatic heterocycles. The summed E-state index contributed by atoms with van der Waals surface area (Å²) in [5.41, 5.74) is 2.57. The Morgan fingerprint density at radius 3 is 2.60 bits per heavy atom. The molecule has 1 aliphatic rings. The van der Waals surface area contributed by atoms with Crippen LogP contribution in [0.15, 0.2) is 48.9 Å². The maximum Gasteiger partial charge on any atom is 0.227 e. The number of halogens is 1. The summed E-state index contributed by atoms with van der Waals surface area (Å²) in [5.74, 6) is 1.39. The number of nitrogens with one attached hydrogen (secondary N) is 2. The third-order valence-corrected chi connectivity index (χ3v) is 4.36. The van der Waals surface area contributed by atoms with Crippen molar-refractivity contribution in [2.24, 2.45) is 0 Å². The van der Waals surface area contributed by atoms with E-state index in [9.17, 15) is 0 Å². The minimum absolute atomic E-state index is 0.437. The average molecular weight is 353 g/mol. The van der Waals surface area contributed by atoms with Gasteiger partial charge in [0.15, 0.2) is 0 Å². The molecule has 0 bridgehead atoms. The molecule has 0 atom stereocenters. The number of hydrogen-bond donors (Lipinski definition) is 2. The SMILES string of the molecule is Clc1cc(-c2ccnc(Nc3ccnc(NC4CCC4)c3)n2)ccn1. The van der Waals surface area contributed by atoms with Crippen LogP contribution in [0, 0.1) is 0 Å². The van der Waals surface area contributed by atoms with Gasteiger partial charge in [-0.1, -0.05) is 11.6 Å². The summed E-state index contributed by atoms with van der Waals surface area (Å²) >= 11 is 5.96. The highest BCUT2D eigenvalue weighted by molar-refractivity contribution is 6.29. The molecule has 4 rings (SSSR count). The topological polar surface area (TPSA) is 75.6 Å². The lowest BCUT2D eigenvalue weighted by atomic mass is 9.93. The highest BCUT2D eigenvalue weighted by Crippen LogP contribution is 2.25. The van der Waals surface area contributed by atoms with E-state index in [4.69, 9.17) is 11.6 Å². The lowest BCUT2D eigenvalue weighted by Gasteiger charge is -2.27. The summed E-state index contributed by atoms with van der Waals surface area (Å²) in [5, 5.41) is 7.10. The van der Waals surface area contributed by atoms with E-state index in [1.54, 1.807) is 24.7 Å². The maximum atomic E-state index is 5.96. The first kappa shape index (κ1) is 15.8. The van der Waals surface area contributed by atoms with Crippen molar-refractivity contribution in [2.75, 3.05) is 10.6 Å². The molecule has 1 aliphatic carbocycles. The van der Waals surface area contributed by atoms with E-state index in [1.165, 1.54) is 19.3 Å². The molecule has 126 valence electrons. The van der Waals surface area contributed by atoms with Crippen LogP contribution in [0.25, 0.3) is 11.3 Å². The van der Waals surface area contributed by atoms with Gasteiger partial charge in [-0.25, -0.2) is 19.9 Å². The van der Waals surface area contributed by atoms with E-state index < -0.39 is 0 Å². The first-order valence-electron chi connectivity index (χ1n) is 8.21. The second-order valence-corrected chi connectivity index (χ2v) is 6.35. The number of rotatable bonds is 5. The highest BCUT2D eigenvalue weighted by atomic mass is 35.5. The fourth-order valence-corrected chi connectivity index (χ4v) is 2.79. The van der Waals surface area contributed by atoms with Gasteiger partial charge in [-0.2, -0.15) is 0 Å². The van der Waals surface area contributed by atoms with E-state index in [1.807, 2.05) is 24.3 Å². The Bertz CT molecular complexity index is 881. The Morgan fingerprint density at radius 1 is 0.960 bits per heavy atom. The van der Waals surface area contributed by atoms with E-state index in [2.05, 4.69) is 30.6 Å². The van der Waals surface area contributed by atoms with Gasteiger partial charge in [0.05, 0.1) is 5.69 Å². The van der Waals surface area contributed by atoms with Crippen molar-refractivity contribution in [2.45, 2.75) is 25.3 Å². The molecule has 0 unspecified atom stereocenters. The van der Waals surface area contributed by atoms with E-state index in [0.717, 1.165) is 22.8 Å². The number of pyridine rings is 2. The predicted molar refractivity (Wildman–Crippen MR) is 99.1 cm³/mol. The van der Waals surface area contributed by atoms with Gasteiger partial charge in [0, 0.05) is 41.9 Å². The van der Waals surface area contributed by atoms with E-state index >= 15 is 0 Å². The van der Waals surface area contributed by atoms with Crippen LogP contribution < -0.4 is 10.6 Å². The van der Waals surface area contributed by atoms with Gasteiger partial charge >= 0.3 is 0 Å². The Kier molecular flexibility index (Phi) is 4.43. The van der Waals surface area contributed by atoms with Gasteiger partial charge < -0.3 is 10.6 Å². The van der Waals surface area contributed by atoms with Crippen LogP contribution >= 0.6 is 11.6 Å². The molecule has 1 fully saturated rings. The van der Waals surface area contributed by atoms with Gasteiger partial charge in [-0.05, 0) is 43.5 Å². The molecule has 0 amide bonds. The molecular weight excluding hydrogens is 336 g/mol. The third kappa shape index (κ3) is 3.85. The number of anilines is 3. The van der Waals surface area contributed by atoms with Crippen molar-refractivity contribution in [3.8, 4) is 11.3 Å². The zero-order chi connectivity index (χ0) is 17.1. The fourth-order valence-electron chi connectivity index (χ4n) is 2.62. The van der Waals surface area contributed by atoms with E-state index in [-0.39, 0.29) is 0 Å². The second-order valence-electron chi connectivity index (χ2n) is 5.96. The molecule has 25 heavy (non-hydrogen) atoms. The summed E-state index contributed by atoms with van der Waals surface area (Å²) < 4.78 is 0. The molecule has 0 radical (unpaired) electrons. The first-order chi connectivity index (χ1) is 12.3. The molecule has 0 spiro atoms. The standard InChI is InChI=1S/C18H17ClN6/c19-16-10-12(4-7-20-16)15-6-9-22-18(25-15)24-14-5-8-21-17(11-14)23-13-2-1-3-13/h4-11,13H,1-3H2,(H2,21,22,23,24,25). The van der Waals surface area contributed by atoms with E-state index in [0.29, 0.717) is 17.1 Å². The quantitative estimate of drug-likeness (QED) is 0.667. The minimum atomic E-state index is 0.437. The van der Waals surface area contributed by atoms with Crippen LogP contribution in [0.5, 0.6) is 0 Å². The van der Waals surface area contributed by atoms with Crippen molar-refractivity contribution >= 4 is 29.1 Å². The Balaban J connectivity index is 1.53. The number of hydrogen-bond acceptors (Lipinski definition) is 6. The Labute approximate surface area is 150 Å². The van der Waals surface area contributed by atoms with Crippen LogP contribution in [-0.4, -0.2) is 26.0 Å². The summed E-state index contributed by atoms with van der Waals surface area (Å²) in [6.07, 6.45) is 8.85. The van der Waals surface area contributed by atoms with Crippen LogP contribution in [0.4, 0.5) is 17.5 Å². The number of aromatic nitrogens is 4. The van der Waals surface area contributed by atoms with Crippen molar-refractivity contribution in [1.82, 2.24) is 19.9 Å². The summed E-state index contributed by atoms with van der Waals surface area (Å²) in [4.78, 5) is 17.2. The van der Waals surface area contributed by atoms with Crippen LogP contribution in [0.2, 0.25) is 5.15 Å². The lowest BCUT2D eigenvalue weighted by molar-refractivity contribution is 0.444. The predicted octanol–water partition coefficient (Wildman–Crippen LogP) is 4.30. The molecule has 3 aromatic rings. The van der Waals surface area contributed by atoms with Gasteiger partial charge in [-0.15, -0.1) is 0 Å². The molecule has 6 nitrogen and oxygen atoms in total. The largest absolute Gasteiger partial charge is 0.367 e. The fraction of sp³-hybridized carbons (Fsp3) is 0.222. The molecule has 0 aromatic carbocycles. The smallest absolute Gasteiger partial charge is 0.227 e. The molecule has 3 aromatic heterocycles. The van der Waals surface area contributed by atoms with Gasteiger partial charge in [0.25, 0.3) is 0 Å². The molecule has 0 saturated heterocycles. The summed E-state index contributed by atoms with van der Waals surface area (Å²) in [7, 11) is 0. The van der Waals surface area contributed by atoms with Crippen molar-refractivity contribution < 1.29 is 0 Å². The Hall–Kier alpha value is -2.73. The van der Waals surface area contributed by atoms with Crippen molar-refractivity contribution in [3.63, 3.8) is 0 Å². The molecule has 7 heteroatoms. The monoisotopic (exact) mass is 352 g/mol. The molecule has 2 N–H and O–H groups in total. The molecular formula is C18H17ClN6. The lowest BCUT2D eigenvalue weighted by Crippen LogP contribution is -2.27. The van der Waals surface area contributed by atoms with Gasteiger partial charge in [0.2, 0.25) is 5.95 Å². The van der Waals surface area contributed by atoms with Gasteiger partial charge in [0.1, 0.15) is 11.0 Å². The first-order valence-corrected chi connectivity index (χ1v) is 8.59. The highest BCUT2D eigenvalue weighted by Gasteiger charge is 2.17. The average Bonchev–Trinajstić information content (AvgIpc) is 2.59. The second kappa shape index (κ2) is 7.03. The zero-order valence-electron chi connectivity index (χ0n) is 13.5. The minimum Gasteiger partial charge on any atom is -0.367 e. The van der Waals surface area contributed by atoms with Crippen molar-refractivity contribution in [1.29, 1.82) is 0 Å². The third-order valence-electron chi connectivity index (χ3n) is 4.15. The van der Waals surface area contributed by atoms with Crippen molar-refractivity contribution in [3.05, 3.63) is 54.1 Å². The molecule has 1 saturated carbocycles. The summed E-state index contributed by atoms with van der Waals surface area (Å²) in [6.45, 7) is 0. The van der Waals surface area contributed by atoms with Gasteiger partial charge in [-0.3, -0.25) is 0 Å².